The van der Waals surface area contributed by atoms with E-state index in [1.807, 2.05) is 12.1 Å². The van der Waals surface area contributed by atoms with Crippen LogP contribution < -0.4 is 15.8 Å². The third-order valence-electron chi connectivity index (χ3n) is 2.83. The molecule has 5 heteroatoms. The van der Waals surface area contributed by atoms with Gasteiger partial charge in [-0.1, -0.05) is 12.1 Å². The van der Waals surface area contributed by atoms with Crippen molar-refractivity contribution in [1.29, 1.82) is 0 Å². The number of aromatic hydroxyl groups is 1. The number of nitrogen functional groups attached to an aromatic ring is 1. The van der Waals surface area contributed by atoms with E-state index in [0.717, 1.165) is 5.56 Å². The lowest BCUT2D eigenvalue weighted by Gasteiger charge is -2.07. The Morgan fingerprint density at radius 2 is 1.95 bits per heavy atom. The number of methoxy groups -OCH3 is 1. The molecule has 21 heavy (non-hydrogen) atoms. The second-order valence-electron chi connectivity index (χ2n) is 4.37. The first-order valence-electron chi connectivity index (χ1n) is 6.30. The molecule has 0 aliphatic carbocycles. The molecule has 108 valence electrons. The average molecular weight is 284 g/mol. The molecule has 0 spiro atoms. The maximum absolute atomic E-state index is 11.8. The maximum atomic E-state index is 11.8. The number of carbonyl (C=O) groups is 1. The number of nitrogens with one attached hydrogen (secondary N) is 1. The lowest BCUT2D eigenvalue weighted by atomic mass is 10.2. The van der Waals surface area contributed by atoms with Crippen molar-refractivity contribution in [1.82, 2.24) is 0 Å². The van der Waals surface area contributed by atoms with Crippen LogP contribution in [0.25, 0.3) is 6.08 Å². The fourth-order valence-electron chi connectivity index (χ4n) is 1.70. The molecule has 0 heterocycles. The second kappa shape index (κ2) is 6.47. The van der Waals surface area contributed by atoms with Crippen LogP contribution in [0.5, 0.6) is 11.5 Å². The maximum Gasteiger partial charge on any atom is 0.248 e. The van der Waals surface area contributed by atoms with E-state index in [4.69, 9.17) is 10.5 Å². The van der Waals surface area contributed by atoms with Crippen molar-refractivity contribution in [3.63, 3.8) is 0 Å². The van der Waals surface area contributed by atoms with Crippen molar-refractivity contribution < 1.29 is 14.6 Å². The number of hydrogen-bond acceptors (Lipinski definition) is 4. The van der Waals surface area contributed by atoms with E-state index in [-0.39, 0.29) is 11.7 Å². The summed E-state index contributed by atoms with van der Waals surface area (Å²) in [6.45, 7) is 0. The molecular formula is C16H16N2O3. The average Bonchev–Trinajstić information content (AvgIpc) is 2.48. The van der Waals surface area contributed by atoms with Crippen molar-refractivity contribution in [2.24, 2.45) is 0 Å². The Morgan fingerprint density at radius 3 is 2.57 bits per heavy atom. The summed E-state index contributed by atoms with van der Waals surface area (Å²) in [5.41, 5.74) is 7.43. The van der Waals surface area contributed by atoms with Crippen molar-refractivity contribution >= 4 is 23.4 Å². The van der Waals surface area contributed by atoms with Crippen LogP contribution in [0.15, 0.2) is 48.5 Å². The van der Waals surface area contributed by atoms with E-state index in [0.29, 0.717) is 17.1 Å². The third kappa shape index (κ3) is 4.01. The summed E-state index contributed by atoms with van der Waals surface area (Å²) >= 11 is 0. The summed E-state index contributed by atoms with van der Waals surface area (Å²) in [5.74, 6) is 0.124. The number of hydrogen-bond donors (Lipinski definition) is 3. The zero-order valence-corrected chi connectivity index (χ0v) is 11.5. The molecular weight excluding hydrogens is 268 g/mol. The Kier molecular flexibility index (Phi) is 4.46. The van der Waals surface area contributed by atoms with E-state index in [9.17, 15) is 9.90 Å². The normalized spacial score (nSPS) is 10.5. The Hall–Kier alpha value is -2.95. The van der Waals surface area contributed by atoms with Crippen molar-refractivity contribution in [2.45, 2.75) is 0 Å². The highest BCUT2D eigenvalue weighted by molar-refractivity contribution is 6.02. The van der Waals surface area contributed by atoms with E-state index in [1.165, 1.54) is 19.3 Å². The van der Waals surface area contributed by atoms with Crippen LogP contribution in [0.2, 0.25) is 0 Å². The Balaban J connectivity index is 2.03. The first kappa shape index (κ1) is 14.5. The Labute approximate surface area is 122 Å². The number of carbonyl (C=O) groups excluding carboxylic acids is 1. The summed E-state index contributed by atoms with van der Waals surface area (Å²) in [7, 11) is 1.50. The topological polar surface area (TPSA) is 84.6 Å². The second-order valence-corrected chi connectivity index (χ2v) is 4.37. The highest BCUT2D eigenvalue weighted by atomic mass is 16.5. The third-order valence-corrected chi connectivity index (χ3v) is 2.83. The van der Waals surface area contributed by atoms with Crippen LogP contribution in [-0.4, -0.2) is 18.1 Å². The first-order chi connectivity index (χ1) is 10.1. The SMILES string of the molecule is COc1ccc(NC(=O)/C=C/c2ccc(N)cc2)c(O)c1. The molecule has 5 nitrogen and oxygen atoms in total. The number of benzene rings is 2. The molecule has 0 bridgehead atoms. The molecule has 4 N–H and O–H groups in total. The van der Waals surface area contributed by atoms with Gasteiger partial charge in [0.05, 0.1) is 12.8 Å². The fraction of sp³-hybridized carbons (Fsp3) is 0.0625. The molecule has 2 aromatic carbocycles. The minimum Gasteiger partial charge on any atom is -0.506 e. The van der Waals surface area contributed by atoms with Gasteiger partial charge >= 0.3 is 0 Å². The van der Waals surface area contributed by atoms with Gasteiger partial charge in [0.1, 0.15) is 11.5 Å². The smallest absolute Gasteiger partial charge is 0.248 e. The number of phenols is 1. The molecule has 0 fully saturated rings. The Bertz CT molecular complexity index is 664. The Morgan fingerprint density at radius 1 is 1.24 bits per heavy atom. The van der Waals surface area contributed by atoms with E-state index in [1.54, 1.807) is 30.3 Å². The zero-order valence-electron chi connectivity index (χ0n) is 11.5. The monoisotopic (exact) mass is 284 g/mol. The summed E-state index contributed by atoms with van der Waals surface area (Å²) < 4.78 is 4.97. The van der Waals surface area contributed by atoms with E-state index in [2.05, 4.69) is 5.32 Å². The molecule has 2 aromatic rings. The summed E-state index contributed by atoms with van der Waals surface area (Å²) in [5, 5.41) is 12.3. The molecule has 1 amide bonds. The van der Waals surface area contributed by atoms with Gasteiger partial charge in [-0.25, -0.2) is 0 Å². The lowest BCUT2D eigenvalue weighted by Crippen LogP contribution is -2.07. The summed E-state index contributed by atoms with van der Waals surface area (Å²) in [6, 6.07) is 11.8. The van der Waals surface area contributed by atoms with Crippen LogP contribution in [0.1, 0.15) is 5.56 Å². The van der Waals surface area contributed by atoms with Crippen molar-refractivity contribution in [3.8, 4) is 11.5 Å². The first-order valence-corrected chi connectivity index (χ1v) is 6.30. The van der Waals surface area contributed by atoms with Crippen LogP contribution in [0.3, 0.4) is 0 Å². The molecule has 0 atom stereocenters. The predicted molar refractivity (Wildman–Crippen MR) is 83.2 cm³/mol. The van der Waals surface area contributed by atoms with Gasteiger partial charge < -0.3 is 20.9 Å². The van der Waals surface area contributed by atoms with Gasteiger partial charge in [0, 0.05) is 17.8 Å². The van der Waals surface area contributed by atoms with Gasteiger partial charge in [-0.05, 0) is 35.9 Å². The molecule has 0 radical (unpaired) electrons. The van der Waals surface area contributed by atoms with Gasteiger partial charge in [0.15, 0.2) is 0 Å². The number of ether oxygens (including phenoxy) is 1. The minimum absolute atomic E-state index is 0.0522. The highest BCUT2D eigenvalue weighted by Crippen LogP contribution is 2.27. The van der Waals surface area contributed by atoms with Crippen LogP contribution >= 0.6 is 0 Å². The largest absolute Gasteiger partial charge is 0.506 e. The highest BCUT2D eigenvalue weighted by Gasteiger charge is 2.05. The summed E-state index contributed by atoms with van der Waals surface area (Å²) in [4.78, 5) is 11.8. The van der Waals surface area contributed by atoms with Gasteiger partial charge in [0.2, 0.25) is 5.91 Å². The number of nitrogens with two attached hydrogens (primary N) is 1. The van der Waals surface area contributed by atoms with Gasteiger partial charge in [0.25, 0.3) is 0 Å². The summed E-state index contributed by atoms with van der Waals surface area (Å²) in [6.07, 6.45) is 3.05. The van der Waals surface area contributed by atoms with Gasteiger partial charge in [-0.3, -0.25) is 4.79 Å². The van der Waals surface area contributed by atoms with Gasteiger partial charge in [-0.2, -0.15) is 0 Å². The van der Waals surface area contributed by atoms with Crippen LogP contribution in [0, 0.1) is 0 Å². The van der Waals surface area contributed by atoms with Crippen LogP contribution in [0.4, 0.5) is 11.4 Å². The number of anilines is 2. The van der Waals surface area contributed by atoms with Crippen LogP contribution in [-0.2, 0) is 4.79 Å². The lowest BCUT2D eigenvalue weighted by molar-refractivity contribution is -0.111. The van der Waals surface area contributed by atoms with Gasteiger partial charge in [-0.15, -0.1) is 0 Å². The number of phenolic OH excluding ortho intramolecular Hbond substituents is 1. The molecule has 0 saturated heterocycles. The molecule has 0 aliphatic rings. The number of amides is 1. The zero-order chi connectivity index (χ0) is 15.2. The molecule has 2 rings (SSSR count). The van der Waals surface area contributed by atoms with E-state index >= 15 is 0 Å². The fourth-order valence-corrected chi connectivity index (χ4v) is 1.70. The van der Waals surface area contributed by atoms with Crippen molar-refractivity contribution in [2.75, 3.05) is 18.2 Å². The quantitative estimate of drug-likeness (QED) is 0.458. The number of rotatable bonds is 4. The van der Waals surface area contributed by atoms with Crippen molar-refractivity contribution in [3.05, 3.63) is 54.1 Å². The molecule has 0 aromatic heterocycles. The standard InChI is InChI=1S/C16H16N2O3/c1-21-13-7-8-14(15(19)10-13)18-16(20)9-4-11-2-5-12(17)6-3-11/h2-10,19H,17H2,1H3,(H,18,20)/b9-4+. The molecule has 0 aliphatic heterocycles. The minimum atomic E-state index is -0.340. The molecule has 0 saturated carbocycles. The van der Waals surface area contributed by atoms with E-state index < -0.39 is 0 Å². The predicted octanol–water partition coefficient (Wildman–Crippen LogP) is 2.63. The molecule has 0 unspecified atom stereocenters.